The van der Waals surface area contributed by atoms with Crippen LogP contribution >= 0.6 is 0 Å². The van der Waals surface area contributed by atoms with Crippen molar-refractivity contribution in [3.8, 4) is 0 Å². The van der Waals surface area contributed by atoms with Crippen molar-refractivity contribution in [3.63, 3.8) is 0 Å². The molecule has 2 aliphatic heterocycles. The number of sulfonamides is 1. The Hall–Kier alpha value is -1.48. The van der Waals surface area contributed by atoms with Gasteiger partial charge in [-0.15, -0.1) is 0 Å². The SMILES string of the molecule is CC(=O)Nc1ccc(S(=O)(=O)N2[C@@H]3COCOC[C@@H]32)cc1. The standard InChI is InChI=1S/C13H16N2O5S/c1-9(16)14-10-2-4-11(5-3-10)21(17,18)15-12-6-19-8-20-7-13(12)15/h2-5,12-13H,6-8H2,1H3,(H,14,16)/t12-,13+,15?. The number of rotatable bonds is 3. The van der Waals surface area contributed by atoms with Crippen molar-refractivity contribution in [2.75, 3.05) is 25.3 Å². The molecule has 0 aliphatic carbocycles. The molecule has 1 aromatic rings. The largest absolute Gasteiger partial charge is 0.354 e. The molecule has 2 saturated heterocycles. The number of amides is 1. The number of hydrogen-bond acceptors (Lipinski definition) is 5. The predicted molar refractivity (Wildman–Crippen MR) is 74.1 cm³/mol. The van der Waals surface area contributed by atoms with Gasteiger partial charge in [-0.05, 0) is 24.3 Å². The van der Waals surface area contributed by atoms with E-state index >= 15 is 0 Å². The second-order valence-corrected chi connectivity index (χ2v) is 6.88. The number of fused-ring (bicyclic) bond motifs is 1. The topological polar surface area (TPSA) is 84.7 Å². The van der Waals surface area contributed by atoms with Gasteiger partial charge in [-0.25, -0.2) is 8.42 Å². The van der Waals surface area contributed by atoms with Crippen LogP contribution < -0.4 is 5.32 Å². The fourth-order valence-corrected chi connectivity index (χ4v) is 4.25. The smallest absolute Gasteiger partial charge is 0.243 e. The van der Waals surface area contributed by atoms with Gasteiger partial charge in [0.2, 0.25) is 15.9 Å². The third-order valence-corrected chi connectivity index (χ3v) is 5.47. The highest BCUT2D eigenvalue weighted by molar-refractivity contribution is 7.89. The quantitative estimate of drug-likeness (QED) is 0.816. The summed E-state index contributed by atoms with van der Waals surface area (Å²) < 4.78 is 36.9. The van der Waals surface area contributed by atoms with E-state index < -0.39 is 10.0 Å². The van der Waals surface area contributed by atoms with Gasteiger partial charge in [0.05, 0.1) is 30.2 Å². The van der Waals surface area contributed by atoms with Gasteiger partial charge in [-0.1, -0.05) is 0 Å². The molecule has 1 amide bonds. The number of carbonyl (C=O) groups is 1. The molecular formula is C13H16N2O5S. The molecule has 3 rings (SSSR count). The van der Waals surface area contributed by atoms with Gasteiger partial charge in [0.15, 0.2) is 0 Å². The van der Waals surface area contributed by atoms with Gasteiger partial charge in [-0.3, -0.25) is 4.79 Å². The van der Waals surface area contributed by atoms with Crippen molar-refractivity contribution >= 4 is 21.6 Å². The Balaban J connectivity index is 1.78. The van der Waals surface area contributed by atoms with Crippen LogP contribution in [-0.4, -0.2) is 50.7 Å². The molecule has 1 N–H and O–H groups in total. The zero-order valence-corrected chi connectivity index (χ0v) is 12.3. The zero-order chi connectivity index (χ0) is 15.0. The first-order valence-electron chi connectivity index (χ1n) is 6.57. The number of benzene rings is 1. The molecule has 7 nitrogen and oxygen atoms in total. The van der Waals surface area contributed by atoms with Gasteiger partial charge >= 0.3 is 0 Å². The van der Waals surface area contributed by atoms with Crippen LogP contribution in [0.25, 0.3) is 0 Å². The van der Waals surface area contributed by atoms with Crippen LogP contribution in [0.5, 0.6) is 0 Å². The summed E-state index contributed by atoms with van der Waals surface area (Å²) in [4.78, 5) is 11.1. The highest BCUT2D eigenvalue weighted by atomic mass is 32.2. The zero-order valence-electron chi connectivity index (χ0n) is 11.5. The first-order valence-corrected chi connectivity index (χ1v) is 8.01. The summed E-state index contributed by atoms with van der Waals surface area (Å²) in [5.41, 5.74) is 0.563. The van der Waals surface area contributed by atoms with Gasteiger partial charge in [0.1, 0.15) is 6.79 Å². The van der Waals surface area contributed by atoms with Crippen LogP contribution in [0.3, 0.4) is 0 Å². The summed E-state index contributed by atoms with van der Waals surface area (Å²) in [6, 6.07) is 5.82. The summed E-state index contributed by atoms with van der Waals surface area (Å²) in [6.07, 6.45) is 0. The second kappa shape index (κ2) is 5.38. The molecule has 0 saturated carbocycles. The minimum absolute atomic E-state index is 0.146. The Labute approximate surface area is 122 Å². The molecule has 1 aromatic carbocycles. The Morgan fingerprint density at radius 3 is 2.29 bits per heavy atom. The molecule has 1 unspecified atom stereocenters. The second-order valence-electron chi connectivity index (χ2n) is 5.03. The molecular weight excluding hydrogens is 296 g/mol. The Morgan fingerprint density at radius 2 is 1.76 bits per heavy atom. The molecule has 2 heterocycles. The minimum Gasteiger partial charge on any atom is -0.354 e. The van der Waals surface area contributed by atoms with E-state index in [2.05, 4.69) is 5.32 Å². The molecule has 8 heteroatoms. The lowest BCUT2D eigenvalue weighted by Gasteiger charge is -2.10. The third-order valence-electron chi connectivity index (χ3n) is 3.50. The highest BCUT2D eigenvalue weighted by Crippen LogP contribution is 2.37. The molecule has 0 bridgehead atoms. The van der Waals surface area contributed by atoms with Crippen LogP contribution in [0.15, 0.2) is 29.2 Å². The van der Waals surface area contributed by atoms with E-state index in [0.717, 1.165) is 0 Å². The molecule has 114 valence electrons. The maximum Gasteiger partial charge on any atom is 0.243 e. The molecule has 0 spiro atoms. The fourth-order valence-electron chi connectivity index (χ4n) is 2.47. The van der Waals surface area contributed by atoms with Crippen LogP contribution in [0, 0.1) is 0 Å². The average Bonchev–Trinajstić information content (AvgIpc) is 3.13. The van der Waals surface area contributed by atoms with Gasteiger partial charge < -0.3 is 14.8 Å². The third kappa shape index (κ3) is 2.80. The van der Waals surface area contributed by atoms with Crippen molar-refractivity contribution in [2.45, 2.75) is 23.9 Å². The summed E-state index contributed by atoms with van der Waals surface area (Å²) in [5.74, 6) is -0.201. The number of nitrogens with zero attached hydrogens (tertiary/aromatic N) is 1. The van der Waals surface area contributed by atoms with Crippen molar-refractivity contribution < 1.29 is 22.7 Å². The molecule has 0 radical (unpaired) electrons. The highest BCUT2D eigenvalue weighted by Gasteiger charge is 2.56. The van der Waals surface area contributed by atoms with Gasteiger partial charge in [-0.2, -0.15) is 4.31 Å². The summed E-state index contributed by atoms with van der Waals surface area (Å²) in [5, 5.41) is 2.60. The van der Waals surface area contributed by atoms with Crippen molar-refractivity contribution in [1.82, 2.24) is 4.31 Å². The Kier molecular flexibility index (Phi) is 3.70. The normalized spacial score (nSPS) is 28.3. The summed E-state index contributed by atoms with van der Waals surface area (Å²) in [7, 11) is -3.55. The van der Waals surface area contributed by atoms with Crippen LogP contribution in [0.4, 0.5) is 5.69 Å². The Morgan fingerprint density at radius 1 is 1.19 bits per heavy atom. The molecule has 21 heavy (non-hydrogen) atoms. The van der Waals surface area contributed by atoms with Crippen LogP contribution in [0.2, 0.25) is 0 Å². The number of nitrogens with one attached hydrogen (secondary N) is 1. The predicted octanol–water partition coefficient (Wildman–Crippen LogP) is 0.391. The molecule has 2 fully saturated rings. The van der Waals surface area contributed by atoms with E-state index in [0.29, 0.717) is 18.9 Å². The number of carbonyl (C=O) groups excluding carboxylic acids is 1. The van der Waals surface area contributed by atoms with E-state index in [1.165, 1.54) is 23.4 Å². The number of anilines is 1. The van der Waals surface area contributed by atoms with Crippen LogP contribution in [0.1, 0.15) is 6.92 Å². The van der Waals surface area contributed by atoms with Crippen molar-refractivity contribution in [2.24, 2.45) is 0 Å². The maximum absolute atomic E-state index is 12.5. The summed E-state index contributed by atoms with van der Waals surface area (Å²) >= 11 is 0. The minimum atomic E-state index is -3.55. The lowest BCUT2D eigenvalue weighted by molar-refractivity contribution is -0.114. The number of hydrogen-bond donors (Lipinski definition) is 1. The lowest BCUT2D eigenvalue weighted by atomic mass is 10.3. The lowest BCUT2D eigenvalue weighted by Crippen LogP contribution is -2.20. The fraction of sp³-hybridized carbons (Fsp3) is 0.462. The van der Waals surface area contributed by atoms with E-state index in [1.54, 1.807) is 12.1 Å². The van der Waals surface area contributed by atoms with E-state index in [1.807, 2.05) is 0 Å². The first-order chi connectivity index (χ1) is 10.00. The van der Waals surface area contributed by atoms with Crippen molar-refractivity contribution in [3.05, 3.63) is 24.3 Å². The van der Waals surface area contributed by atoms with E-state index in [4.69, 9.17) is 9.47 Å². The van der Waals surface area contributed by atoms with Crippen LogP contribution in [-0.2, 0) is 24.3 Å². The molecule has 0 aromatic heterocycles. The molecule has 2 aliphatic rings. The number of ether oxygens (including phenoxy) is 2. The summed E-state index contributed by atoms with van der Waals surface area (Å²) in [6.45, 7) is 2.32. The molecule has 3 atom stereocenters. The van der Waals surface area contributed by atoms with Gasteiger partial charge in [0.25, 0.3) is 0 Å². The van der Waals surface area contributed by atoms with Gasteiger partial charge in [0, 0.05) is 12.6 Å². The van der Waals surface area contributed by atoms with Crippen molar-refractivity contribution in [1.29, 1.82) is 0 Å². The van der Waals surface area contributed by atoms with E-state index in [9.17, 15) is 13.2 Å². The Bertz CT molecular complexity index is 631. The monoisotopic (exact) mass is 312 g/mol. The first kappa shape index (κ1) is 14.5. The maximum atomic E-state index is 12.5. The average molecular weight is 312 g/mol. The van der Waals surface area contributed by atoms with E-state index in [-0.39, 0.29) is 29.7 Å².